The van der Waals surface area contributed by atoms with Gasteiger partial charge in [0.05, 0.1) is 0 Å². The lowest BCUT2D eigenvalue weighted by atomic mass is 10.2. The van der Waals surface area contributed by atoms with Crippen LogP contribution in [0.2, 0.25) is 0 Å². The molecule has 0 amide bonds. The molecule has 0 radical (unpaired) electrons. The largest absolute Gasteiger partial charge is 0.326 e. The predicted octanol–water partition coefficient (Wildman–Crippen LogP) is 1.66. The summed E-state index contributed by atoms with van der Waals surface area (Å²) in [5.41, 5.74) is 6.05. The van der Waals surface area contributed by atoms with Crippen LogP contribution in [0.1, 0.15) is 12.5 Å². The number of benzene rings is 1. The molecule has 0 aliphatic rings. The van der Waals surface area contributed by atoms with Crippen LogP contribution in [0.25, 0.3) is 0 Å². The second-order valence-corrected chi connectivity index (χ2v) is 7.17. The zero-order chi connectivity index (χ0) is 14.6. The van der Waals surface area contributed by atoms with E-state index in [1.54, 1.807) is 18.7 Å². The normalized spacial score (nSPS) is 13.8. The molecule has 0 aliphatic carbocycles. The number of nitrogens with zero attached hydrogens (tertiary/aromatic N) is 1. The Bertz CT molecular complexity index is 535. The number of thioether (sulfide) groups is 1. The smallest absolute Gasteiger partial charge is 0.246 e. The van der Waals surface area contributed by atoms with Crippen molar-refractivity contribution in [3.8, 4) is 0 Å². The maximum Gasteiger partial charge on any atom is 0.246 e. The van der Waals surface area contributed by atoms with E-state index in [2.05, 4.69) is 0 Å². The van der Waals surface area contributed by atoms with Crippen LogP contribution < -0.4 is 5.73 Å². The van der Waals surface area contributed by atoms with Crippen molar-refractivity contribution in [3.05, 3.63) is 29.6 Å². The van der Waals surface area contributed by atoms with Crippen molar-refractivity contribution in [2.75, 3.05) is 19.1 Å². The molecule has 0 aromatic heterocycles. The van der Waals surface area contributed by atoms with Crippen LogP contribution >= 0.6 is 11.8 Å². The molecule has 1 aromatic rings. The second kappa shape index (κ2) is 6.69. The van der Waals surface area contributed by atoms with E-state index in [1.165, 1.54) is 23.5 Å². The third kappa shape index (κ3) is 3.68. The summed E-state index contributed by atoms with van der Waals surface area (Å²) < 4.78 is 39.7. The molecule has 2 N–H and O–H groups in total. The first-order valence-electron chi connectivity index (χ1n) is 5.80. The molecule has 0 heterocycles. The molecule has 0 spiro atoms. The molecule has 19 heavy (non-hydrogen) atoms. The first kappa shape index (κ1) is 16.4. The van der Waals surface area contributed by atoms with Gasteiger partial charge in [-0.3, -0.25) is 0 Å². The van der Waals surface area contributed by atoms with Gasteiger partial charge in [-0.1, -0.05) is 6.07 Å². The van der Waals surface area contributed by atoms with Crippen molar-refractivity contribution in [2.24, 2.45) is 5.73 Å². The van der Waals surface area contributed by atoms with Crippen molar-refractivity contribution in [1.29, 1.82) is 0 Å². The van der Waals surface area contributed by atoms with Crippen LogP contribution in [-0.2, 0) is 16.6 Å². The summed E-state index contributed by atoms with van der Waals surface area (Å²) in [6.45, 7) is 1.96. The van der Waals surface area contributed by atoms with Gasteiger partial charge in [0.15, 0.2) is 0 Å². The minimum atomic E-state index is -3.83. The topological polar surface area (TPSA) is 63.4 Å². The Hall–Kier alpha value is -0.630. The van der Waals surface area contributed by atoms with Gasteiger partial charge in [-0.2, -0.15) is 16.1 Å². The maximum atomic E-state index is 13.8. The Morgan fingerprint density at radius 1 is 1.47 bits per heavy atom. The van der Waals surface area contributed by atoms with Gasteiger partial charge in [-0.25, -0.2) is 12.8 Å². The fourth-order valence-corrected chi connectivity index (χ4v) is 3.88. The SMILES string of the molecule is CSCC(C)N(C)S(=O)(=O)c1cc(CN)ccc1F. The van der Waals surface area contributed by atoms with E-state index < -0.39 is 15.8 Å². The molecule has 1 atom stereocenters. The van der Waals surface area contributed by atoms with Crippen molar-refractivity contribution in [1.82, 2.24) is 4.31 Å². The lowest BCUT2D eigenvalue weighted by Gasteiger charge is -2.24. The van der Waals surface area contributed by atoms with E-state index in [-0.39, 0.29) is 17.5 Å². The van der Waals surface area contributed by atoms with E-state index in [0.717, 1.165) is 6.07 Å². The average Bonchev–Trinajstić information content (AvgIpc) is 2.38. The number of hydrogen-bond acceptors (Lipinski definition) is 4. The van der Waals surface area contributed by atoms with Crippen LogP contribution in [0.4, 0.5) is 4.39 Å². The Morgan fingerprint density at radius 2 is 2.11 bits per heavy atom. The molecular formula is C12H19FN2O2S2. The Kier molecular flexibility index (Phi) is 5.79. The van der Waals surface area contributed by atoms with Gasteiger partial charge in [0.25, 0.3) is 0 Å². The van der Waals surface area contributed by atoms with E-state index in [4.69, 9.17) is 5.73 Å². The van der Waals surface area contributed by atoms with E-state index >= 15 is 0 Å². The van der Waals surface area contributed by atoms with Gasteiger partial charge in [0.1, 0.15) is 10.7 Å². The first-order chi connectivity index (χ1) is 8.84. The molecule has 0 bridgehead atoms. The summed E-state index contributed by atoms with van der Waals surface area (Å²) in [7, 11) is -2.37. The minimum Gasteiger partial charge on any atom is -0.326 e. The summed E-state index contributed by atoms with van der Waals surface area (Å²) in [4.78, 5) is -0.314. The standard InChI is InChI=1S/C12H19FN2O2S2/c1-9(8-18-3)15(2)19(16,17)12-6-10(7-14)4-5-11(12)13/h4-6,9H,7-8,14H2,1-3H3. The summed E-state index contributed by atoms with van der Waals surface area (Å²) in [5, 5.41) is 0. The van der Waals surface area contributed by atoms with E-state index in [0.29, 0.717) is 11.3 Å². The Labute approximate surface area is 118 Å². The molecule has 7 heteroatoms. The highest BCUT2D eigenvalue weighted by Crippen LogP contribution is 2.22. The number of sulfonamides is 1. The summed E-state index contributed by atoms with van der Waals surface area (Å²) in [6.07, 6.45) is 1.90. The highest BCUT2D eigenvalue weighted by atomic mass is 32.2. The zero-order valence-electron chi connectivity index (χ0n) is 11.3. The van der Waals surface area contributed by atoms with Crippen molar-refractivity contribution in [2.45, 2.75) is 24.4 Å². The Balaban J connectivity index is 3.19. The fourth-order valence-electron chi connectivity index (χ4n) is 1.61. The molecule has 4 nitrogen and oxygen atoms in total. The molecule has 1 rings (SSSR count). The van der Waals surface area contributed by atoms with Gasteiger partial charge in [-0.05, 0) is 30.9 Å². The lowest BCUT2D eigenvalue weighted by molar-refractivity contribution is 0.411. The molecule has 108 valence electrons. The van der Waals surface area contributed by atoms with Gasteiger partial charge in [-0.15, -0.1) is 0 Å². The molecule has 1 unspecified atom stereocenters. The van der Waals surface area contributed by atoms with Gasteiger partial charge in [0.2, 0.25) is 10.0 Å². The van der Waals surface area contributed by atoms with Gasteiger partial charge < -0.3 is 5.73 Å². The predicted molar refractivity (Wildman–Crippen MR) is 77.1 cm³/mol. The highest BCUT2D eigenvalue weighted by molar-refractivity contribution is 7.98. The average molecular weight is 306 g/mol. The lowest BCUT2D eigenvalue weighted by Crippen LogP contribution is -2.37. The Morgan fingerprint density at radius 3 is 2.63 bits per heavy atom. The molecule has 0 saturated carbocycles. The fraction of sp³-hybridized carbons (Fsp3) is 0.500. The molecule has 1 aromatic carbocycles. The molecule has 0 fully saturated rings. The van der Waals surface area contributed by atoms with Gasteiger partial charge >= 0.3 is 0 Å². The minimum absolute atomic E-state index is 0.173. The van der Waals surface area contributed by atoms with E-state index in [9.17, 15) is 12.8 Å². The van der Waals surface area contributed by atoms with Crippen molar-refractivity contribution < 1.29 is 12.8 Å². The number of rotatable bonds is 6. The van der Waals surface area contributed by atoms with Crippen molar-refractivity contribution >= 4 is 21.8 Å². The third-order valence-corrected chi connectivity index (χ3v) is 5.72. The van der Waals surface area contributed by atoms with Crippen LogP contribution in [0.5, 0.6) is 0 Å². The van der Waals surface area contributed by atoms with Crippen LogP contribution in [0.3, 0.4) is 0 Å². The monoisotopic (exact) mass is 306 g/mol. The number of halogens is 1. The summed E-state index contributed by atoms with van der Waals surface area (Å²) >= 11 is 1.54. The zero-order valence-corrected chi connectivity index (χ0v) is 12.9. The van der Waals surface area contributed by atoms with Crippen LogP contribution in [-0.4, -0.2) is 37.8 Å². The van der Waals surface area contributed by atoms with Crippen LogP contribution in [0.15, 0.2) is 23.1 Å². The number of hydrogen-bond donors (Lipinski definition) is 1. The first-order valence-corrected chi connectivity index (χ1v) is 8.63. The number of nitrogens with two attached hydrogens (primary N) is 1. The van der Waals surface area contributed by atoms with E-state index in [1.807, 2.05) is 6.26 Å². The molecule has 0 aliphatic heterocycles. The molecule has 0 saturated heterocycles. The van der Waals surface area contributed by atoms with Gasteiger partial charge in [0, 0.05) is 25.4 Å². The van der Waals surface area contributed by atoms with Crippen molar-refractivity contribution in [3.63, 3.8) is 0 Å². The third-order valence-electron chi connectivity index (χ3n) is 2.92. The summed E-state index contributed by atoms with van der Waals surface area (Å²) in [5.74, 6) is -0.103. The maximum absolute atomic E-state index is 13.8. The second-order valence-electron chi connectivity index (χ2n) is 4.29. The highest BCUT2D eigenvalue weighted by Gasteiger charge is 2.28. The molecular weight excluding hydrogens is 287 g/mol. The quantitative estimate of drug-likeness (QED) is 0.868. The summed E-state index contributed by atoms with van der Waals surface area (Å²) in [6, 6.07) is 3.72. The van der Waals surface area contributed by atoms with Crippen LogP contribution in [0, 0.1) is 5.82 Å².